The summed E-state index contributed by atoms with van der Waals surface area (Å²) in [6.07, 6.45) is -11.5. The lowest BCUT2D eigenvalue weighted by atomic mass is 10.0. The van der Waals surface area contributed by atoms with Gasteiger partial charge in [-0.3, -0.25) is 4.79 Å². The van der Waals surface area contributed by atoms with Crippen molar-refractivity contribution < 1.29 is 39.6 Å². The largest absolute Gasteiger partial charge is 0.417 e. The Balaban J connectivity index is 3.90. The summed E-state index contributed by atoms with van der Waals surface area (Å²) < 4.78 is 97.6. The summed E-state index contributed by atoms with van der Waals surface area (Å²) in [5.74, 6) is 0. The highest BCUT2D eigenvalue weighted by atomic mass is 35.7. The van der Waals surface area contributed by atoms with Gasteiger partial charge in [0.2, 0.25) is 0 Å². The Kier molecular flexibility index (Phi) is 4.12. The van der Waals surface area contributed by atoms with E-state index in [1.165, 1.54) is 0 Å². The van der Waals surface area contributed by atoms with E-state index >= 15 is 0 Å². The molecule has 0 spiro atoms. The summed E-state index contributed by atoms with van der Waals surface area (Å²) in [6, 6.07) is -0.133. The molecular formula is C9H3ClF6O3S. The zero-order chi connectivity index (χ0) is 15.9. The van der Waals surface area contributed by atoms with Crippen LogP contribution >= 0.6 is 10.7 Å². The van der Waals surface area contributed by atoms with E-state index in [1.807, 2.05) is 0 Å². The number of hydrogen-bond donors (Lipinski definition) is 0. The van der Waals surface area contributed by atoms with E-state index in [-0.39, 0.29) is 12.1 Å². The van der Waals surface area contributed by atoms with Gasteiger partial charge in [0.15, 0.2) is 6.29 Å². The Morgan fingerprint density at radius 3 is 1.80 bits per heavy atom. The van der Waals surface area contributed by atoms with Crippen LogP contribution < -0.4 is 0 Å². The zero-order valence-electron chi connectivity index (χ0n) is 9.01. The van der Waals surface area contributed by atoms with Gasteiger partial charge < -0.3 is 0 Å². The Bertz CT molecular complexity index is 647. The average Bonchev–Trinajstić information content (AvgIpc) is 2.23. The normalized spacial score (nSPS) is 13.3. The van der Waals surface area contributed by atoms with Crippen LogP contribution in [0, 0.1) is 0 Å². The second kappa shape index (κ2) is 4.92. The lowest BCUT2D eigenvalue weighted by molar-refractivity contribution is -0.162. The van der Waals surface area contributed by atoms with Gasteiger partial charge in [0.1, 0.15) is 0 Å². The third kappa shape index (κ3) is 3.42. The number of carbonyl (C=O) groups excluding carboxylic acids is 1. The molecule has 0 atom stereocenters. The van der Waals surface area contributed by atoms with Crippen molar-refractivity contribution in [2.75, 3.05) is 0 Å². The maximum atomic E-state index is 12.6. The Morgan fingerprint density at radius 1 is 1.00 bits per heavy atom. The highest BCUT2D eigenvalue weighted by molar-refractivity contribution is 8.13. The second-order valence-corrected chi connectivity index (χ2v) is 6.05. The Morgan fingerprint density at radius 2 is 1.50 bits per heavy atom. The predicted octanol–water partition coefficient (Wildman–Crippen LogP) is 3.46. The molecule has 0 bridgehead atoms. The lowest BCUT2D eigenvalue weighted by Crippen LogP contribution is -2.20. The van der Waals surface area contributed by atoms with Crippen molar-refractivity contribution in [2.24, 2.45) is 0 Å². The monoisotopic (exact) mass is 340 g/mol. The van der Waals surface area contributed by atoms with Crippen LogP contribution in [0.1, 0.15) is 21.5 Å². The first-order valence-electron chi connectivity index (χ1n) is 4.50. The molecule has 112 valence electrons. The fourth-order valence-electron chi connectivity index (χ4n) is 1.41. The maximum absolute atomic E-state index is 12.6. The molecule has 0 aliphatic rings. The Hall–Kier alpha value is -1.29. The first-order valence-corrected chi connectivity index (χ1v) is 6.81. The number of rotatable bonds is 2. The van der Waals surface area contributed by atoms with Gasteiger partial charge in [0, 0.05) is 16.2 Å². The van der Waals surface area contributed by atoms with Crippen LogP contribution in [0.15, 0.2) is 17.0 Å². The van der Waals surface area contributed by atoms with E-state index < -0.39 is 49.3 Å². The van der Waals surface area contributed by atoms with Crippen molar-refractivity contribution in [1.82, 2.24) is 0 Å². The third-order valence-electron chi connectivity index (χ3n) is 2.14. The van der Waals surface area contributed by atoms with Crippen molar-refractivity contribution in [3.63, 3.8) is 0 Å². The number of carbonyl (C=O) groups is 1. The van der Waals surface area contributed by atoms with Crippen LogP contribution in [0.4, 0.5) is 26.3 Å². The quantitative estimate of drug-likeness (QED) is 0.470. The standard InChI is InChI=1S/C9H3ClF6O3S/c10-20(18,19)5-1-4(3-17)7(9(14,15)16)6(2-5)8(11,12)13/h1-3H. The highest BCUT2D eigenvalue weighted by Crippen LogP contribution is 2.43. The molecule has 0 unspecified atom stereocenters. The number of aldehydes is 1. The topological polar surface area (TPSA) is 51.2 Å². The first-order chi connectivity index (χ1) is 8.78. The van der Waals surface area contributed by atoms with Crippen molar-refractivity contribution in [3.8, 4) is 0 Å². The molecule has 0 aromatic heterocycles. The average molecular weight is 341 g/mol. The van der Waals surface area contributed by atoms with Gasteiger partial charge in [0.25, 0.3) is 9.05 Å². The van der Waals surface area contributed by atoms with Crippen molar-refractivity contribution in [2.45, 2.75) is 17.2 Å². The van der Waals surface area contributed by atoms with Gasteiger partial charge in [0.05, 0.1) is 16.0 Å². The summed E-state index contributed by atoms with van der Waals surface area (Å²) >= 11 is 0. The minimum Gasteiger partial charge on any atom is -0.298 e. The smallest absolute Gasteiger partial charge is 0.298 e. The summed E-state index contributed by atoms with van der Waals surface area (Å²) in [4.78, 5) is 9.28. The van der Waals surface area contributed by atoms with E-state index in [9.17, 15) is 39.6 Å². The van der Waals surface area contributed by atoms with Gasteiger partial charge in [-0.25, -0.2) is 8.42 Å². The minimum absolute atomic E-state index is 0.132. The Labute approximate surface area is 112 Å². The molecule has 20 heavy (non-hydrogen) atoms. The van der Waals surface area contributed by atoms with Crippen molar-refractivity contribution >= 4 is 26.0 Å². The zero-order valence-corrected chi connectivity index (χ0v) is 10.6. The van der Waals surface area contributed by atoms with E-state index in [2.05, 4.69) is 0 Å². The molecule has 1 aromatic rings. The summed E-state index contributed by atoms with van der Waals surface area (Å²) in [6.45, 7) is 0. The van der Waals surface area contributed by atoms with Crippen LogP contribution in [-0.4, -0.2) is 14.7 Å². The number of benzene rings is 1. The van der Waals surface area contributed by atoms with Crippen molar-refractivity contribution in [1.29, 1.82) is 0 Å². The minimum atomic E-state index is -5.51. The molecule has 1 aromatic carbocycles. The molecular weight excluding hydrogens is 338 g/mol. The van der Waals surface area contributed by atoms with Gasteiger partial charge in [-0.2, -0.15) is 26.3 Å². The molecule has 3 nitrogen and oxygen atoms in total. The fraction of sp³-hybridized carbons (Fsp3) is 0.222. The summed E-state index contributed by atoms with van der Waals surface area (Å²) in [5, 5.41) is 0. The van der Waals surface area contributed by atoms with Gasteiger partial charge in [-0.05, 0) is 12.1 Å². The molecule has 0 N–H and O–H groups in total. The van der Waals surface area contributed by atoms with E-state index in [0.717, 1.165) is 0 Å². The number of hydrogen-bond acceptors (Lipinski definition) is 3. The van der Waals surface area contributed by atoms with E-state index in [4.69, 9.17) is 10.7 Å². The van der Waals surface area contributed by atoms with Crippen LogP contribution in [-0.2, 0) is 21.4 Å². The summed E-state index contributed by atoms with van der Waals surface area (Å²) in [5.41, 5.74) is -6.02. The molecule has 0 saturated carbocycles. The highest BCUT2D eigenvalue weighted by Gasteiger charge is 2.45. The number of halogens is 7. The number of alkyl halides is 6. The molecule has 0 radical (unpaired) electrons. The van der Waals surface area contributed by atoms with Gasteiger partial charge in [-0.15, -0.1) is 0 Å². The van der Waals surface area contributed by atoms with E-state index in [0.29, 0.717) is 0 Å². The van der Waals surface area contributed by atoms with Gasteiger partial charge in [-0.1, -0.05) is 0 Å². The molecule has 0 aliphatic carbocycles. The lowest BCUT2D eigenvalue weighted by Gasteiger charge is -2.18. The third-order valence-corrected chi connectivity index (χ3v) is 3.47. The second-order valence-electron chi connectivity index (χ2n) is 3.49. The molecule has 0 fully saturated rings. The van der Waals surface area contributed by atoms with Crippen LogP contribution in [0.5, 0.6) is 0 Å². The molecule has 0 aliphatic heterocycles. The van der Waals surface area contributed by atoms with Crippen LogP contribution in [0.2, 0.25) is 0 Å². The van der Waals surface area contributed by atoms with Gasteiger partial charge >= 0.3 is 12.4 Å². The SMILES string of the molecule is O=Cc1cc(S(=O)(=O)Cl)cc(C(F)(F)F)c1C(F)(F)F. The van der Waals surface area contributed by atoms with E-state index in [1.54, 1.807) is 0 Å². The molecule has 0 amide bonds. The summed E-state index contributed by atoms with van der Waals surface area (Å²) in [7, 11) is 0.0494. The van der Waals surface area contributed by atoms with Crippen LogP contribution in [0.3, 0.4) is 0 Å². The first kappa shape index (κ1) is 16.8. The van der Waals surface area contributed by atoms with Crippen molar-refractivity contribution in [3.05, 3.63) is 28.8 Å². The molecule has 0 saturated heterocycles. The molecule has 0 heterocycles. The molecule has 1 rings (SSSR count). The predicted molar refractivity (Wildman–Crippen MR) is 54.9 cm³/mol. The van der Waals surface area contributed by atoms with Crippen LogP contribution in [0.25, 0.3) is 0 Å². The molecule has 11 heteroatoms. The fourth-order valence-corrected chi connectivity index (χ4v) is 2.20. The maximum Gasteiger partial charge on any atom is 0.417 e.